The van der Waals surface area contributed by atoms with Crippen LogP contribution in [0.2, 0.25) is 0 Å². The van der Waals surface area contributed by atoms with E-state index in [1.54, 1.807) is 13.0 Å². The first kappa shape index (κ1) is 21.8. The van der Waals surface area contributed by atoms with Gasteiger partial charge in [-0.1, -0.05) is 11.6 Å². The lowest BCUT2D eigenvalue weighted by molar-refractivity contribution is -0.136. The van der Waals surface area contributed by atoms with Gasteiger partial charge in [0.1, 0.15) is 5.76 Å². The van der Waals surface area contributed by atoms with Gasteiger partial charge in [0.25, 0.3) is 5.91 Å². The normalized spacial score (nSPS) is 19.4. The molecule has 0 bridgehead atoms. The molecule has 3 rings (SSSR count). The number of alkyl halides is 3. The molecule has 0 aromatic carbocycles. The lowest BCUT2D eigenvalue weighted by atomic mass is 9.92. The molecule has 1 aromatic rings. The molecule has 2 aliphatic rings. The van der Waals surface area contributed by atoms with Gasteiger partial charge in [0.15, 0.2) is 0 Å². The highest BCUT2D eigenvalue weighted by Gasteiger charge is 2.42. The number of ether oxygens (including phenoxy) is 1. The minimum Gasteiger partial charge on any atom is -0.496 e. The Morgan fingerprint density at radius 2 is 2.14 bits per heavy atom. The molecule has 0 saturated carbocycles. The highest BCUT2D eigenvalue weighted by atomic mass is 35.5. The number of rotatable bonds is 5. The predicted molar refractivity (Wildman–Crippen MR) is 104 cm³/mol. The van der Waals surface area contributed by atoms with E-state index in [1.165, 1.54) is 23.5 Å². The van der Waals surface area contributed by atoms with E-state index < -0.39 is 23.4 Å². The third kappa shape index (κ3) is 4.34. The van der Waals surface area contributed by atoms with Crippen molar-refractivity contribution in [3.63, 3.8) is 0 Å². The van der Waals surface area contributed by atoms with E-state index in [9.17, 15) is 27.9 Å². The van der Waals surface area contributed by atoms with Gasteiger partial charge in [-0.2, -0.15) is 13.2 Å². The highest BCUT2D eigenvalue weighted by Crippen LogP contribution is 2.46. The zero-order valence-electron chi connectivity index (χ0n) is 15.2. The van der Waals surface area contributed by atoms with Gasteiger partial charge in [-0.3, -0.25) is 9.59 Å². The van der Waals surface area contributed by atoms with Gasteiger partial charge in [0.05, 0.1) is 34.4 Å². The number of aliphatic carboxylic acids is 1. The second kappa shape index (κ2) is 8.08. The summed E-state index contributed by atoms with van der Waals surface area (Å²) in [5, 5.41) is 10.9. The van der Waals surface area contributed by atoms with E-state index in [1.807, 2.05) is 0 Å². The number of halogens is 4. The van der Waals surface area contributed by atoms with Crippen LogP contribution in [0, 0.1) is 0 Å². The number of hydrogen-bond acceptors (Lipinski definition) is 5. The zero-order chi connectivity index (χ0) is 21.5. The maximum absolute atomic E-state index is 13.1. The second-order valence-electron chi connectivity index (χ2n) is 6.26. The molecule has 1 unspecified atom stereocenters. The van der Waals surface area contributed by atoms with Crippen molar-refractivity contribution in [2.75, 3.05) is 7.11 Å². The predicted octanol–water partition coefficient (Wildman–Crippen LogP) is 5.36. The van der Waals surface area contributed by atoms with Gasteiger partial charge in [0.2, 0.25) is 0 Å². The van der Waals surface area contributed by atoms with Crippen LogP contribution < -0.4 is 0 Å². The average molecular weight is 466 g/mol. The zero-order valence-corrected chi connectivity index (χ0v) is 17.6. The Morgan fingerprint density at radius 1 is 1.45 bits per heavy atom. The Hall–Kier alpha value is -1.91. The summed E-state index contributed by atoms with van der Waals surface area (Å²) in [5.41, 5.74) is -3.02. The minimum absolute atomic E-state index is 0.0496. The van der Waals surface area contributed by atoms with Gasteiger partial charge in [0, 0.05) is 16.7 Å². The molecule has 0 fully saturated rings. The van der Waals surface area contributed by atoms with Crippen LogP contribution in [0.4, 0.5) is 13.2 Å². The first-order valence-electron chi connectivity index (χ1n) is 8.27. The number of fused-ring (bicyclic) bond motifs is 1. The summed E-state index contributed by atoms with van der Waals surface area (Å²) in [6.07, 6.45) is 1.70. The van der Waals surface area contributed by atoms with Crippen LogP contribution in [0.25, 0.3) is 0 Å². The molecule has 1 amide bonds. The monoisotopic (exact) mass is 465 g/mol. The van der Waals surface area contributed by atoms with Gasteiger partial charge < -0.3 is 14.7 Å². The Kier molecular flexibility index (Phi) is 6.07. The van der Waals surface area contributed by atoms with Gasteiger partial charge >= 0.3 is 11.5 Å². The first-order valence-corrected chi connectivity index (χ1v) is 10.3. The molecule has 0 radical (unpaired) electrons. The first-order chi connectivity index (χ1) is 13.5. The number of thiophene rings is 1. The number of allylic oxidation sites excluding steroid dienone is 2. The maximum atomic E-state index is 13.1. The van der Waals surface area contributed by atoms with Crippen LogP contribution in [0.5, 0.6) is 0 Å². The van der Waals surface area contributed by atoms with Crippen molar-refractivity contribution in [1.29, 1.82) is 0 Å². The molecule has 0 saturated heterocycles. The standard InChI is InChI=1S/C18H15ClF3NO4S2/c1-8-10(6-13(24)25)15-11(3-4-12(27-2)16(15)19)23(8)17(26)9-5-14(28-7-9)29-18(20,21)22/h4-5,7,11H,3,6H2,1-2H3,(H,24,25). The fraction of sp³-hybridized carbons (Fsp3) is 0.333. The molecule has 1 aliphatic heterocycles. The van der Waals surface area contributed by atoms with E-state index >= 15 is 0 Å². The summed E-state index contributed by atoms with van der Waals surface area (Å²) in [6, 6.07) is 0.652. The highest BCUT2D eigenvalue weighted by molar-refractivity contribution is 8.01. The molecule has 156 valence electrons. The summed E-state index contributed by atoms with van der Waals surface area (Å²) >= 11 is 6.96. The number of methoxy groups -OCH3 is 1. The molecule has 1 N–H and O–H groups in total. The van der Waals surface area contributed by atoms with Crippen LogP contribution in [-0.2, 0) is 9.53 Å². The van der Waals surface area contributed by atoms with E-state index in [4.69, 9.17) is 16.3 Å². The Morgan fingerprint density at radius 3 is 2.72 bits per heavy atom. The topological polar surface area (TPSA) is 66.8 Å². The molecule has 1 aliphatic carbocycles. The van der Waals surface area contributed by atoms with Crippen molar-refractivity contribution in [3.05, 3.63) is 50.7 Å². The number of hydrogen-bond donors (Lipinski definition) is 1. The summed E-state index contributed by atoms with van der Waals surface area (Å²) in [6.45, 7) is 1.61. The molecule has 5 nitrogen and oxygen atoms in total. The molecular formula is C18H15ClF3NO4S2. The molecule has 11 heteroatoms. The SMILES string of the molecule is COC1=CCC2C(=C1Cl)C(CC(=O)O)=C(C)N2C(=O)c1csc(SC(F)(F)F)c1. The number of amides is 1. The number of carboxylic acid groups (broad SMARTS) is 1. The number of carbonyl (C=O) groups excluding carboxylic acids is 1. The lowest BCUT2D eigenvalue weighted by Gasteiger charge is -2.29. The van der Waals surface area contributed by atoms with Crippen LogP contribution in [0.3, 0.4) is 0 Å². The molecule has 1 aromatic heterocycles. The van der Waals surface area contributed by atoms with Gasteiger partial charge in [-0.05, 0) is 42.8 Å². The fourth-order valence-corrected chi connectivity index (χ4v) is 5.46. The van der Waals surface area contributed by atoms with Crippen LogP contribution in [-0.4, -0.2) is 40.5 Å². The van der Waals surface area contributed by atoms with Crippen molar-refractivity contribution in [1.82, 2.24) is 4.90 Å². The number of thioether (sulfide) groups is 1. The maximum Gasteiger partial charge on any atom is 0.447 e. The summed E-state index contributed by atoms with van der Waals surface area (Å²) < 4.78 is 43.0. The molecule has 1 atom stereocenters. The largest absolute Gasteiger partial charge is 0.496 e. The van der Waals surface area contributed by atoms with Crippen LogP contribution in [0.1, 0.15) is 30.1 Å². The van der Waals surface area contributed by atoms with Crippen LogP contribution in [0.15, 0.2) is 49.4 Å². The smallest absolute Gasteiger partial charge is 0.447 e. The van der Waals surface area contributed by atoms with Crippen molar-refractivity contribution in [2.24, 2.45) is 0 Å². The Labute approximate surface area is 177 Å². The Bertz CT molecular complexity index is 965. The minimum atomic E-state index is -4.45. The van der Waals surface area contributed by atoms with Gasteiger partial charge in [-0.15, -0.1) is 11.3 Å². The third-order valence-electron chi connectivity index (χ3n) is 4.55. The van der Waals surface area contributed by atoms with E-state index in [-0.39, 0.29) is 33.0 Å². The van der Waals surface area contributed by atoms with E-state index in [2.05, 4.69) is 0 Å². The quantitative estimate of drug-likeness (QED) is 0.593. The van der Waals surface area contributed by atoms with Crippen molar-refractivity contribution >= 4 is 46.6 Å². The summed E-state index contributed by atoms with van der Waals surface area (Å²) in [7, 11) is 1.44. The molecule has 0 spiro atoms. The van der Waals surface area contributed by atoms with Crippen LogP contribution >= 0.6 is 34.7 Å². The van der Waals surface area contributed by atoms with E-state index in [0.717, 1.165) is 11.3 Å². The number of carbonyl (C=O) groups is 2. The van der Waals surface area contributed by atoms with Crippen molar-refractivity contribution in [3.8, 4) is 0 Å². The number of carboxylic acids is 1. The lowest BCUT2D eigenvalue weighted by Crippen LogP contribution is -2.36. The average Bonchev–Trinajstić information content (AvgIpc) is 3.16. The van der Waals surface area contributed by atoms with Gasteiger partial charge in [-0.25, -0.2) is 0 Å². The van der Waals surface area contributed by atoms with Crippen molar-refractivity contribution in [2.45, 2.75) is 35.5 Å². The second-order valence-corrected chi connectivity index (χ2v) is 8.92. The molecule has 2 heterocycles. The number of nitrogens with zero attached hydrogens (tertiary/aromatic N) is 1. The van der Waals surface area contributed by atoms with Crippen molar-refractivity contribution < 1.29 is 32.6 Å². The summed E-state index contributed by atoms with van der Waals surface area (Å²) in [5.74, 6) is -1.20. The molecular weight excluding hydrogens is 451 g/mol. The Balaban J connectivity index is 1.99. The summed E-state index contributed by atoms with van der Waals surface area (Å²) in [4.78, 5) is 25.9. The fourth-order valence-electron chi connectivity index (χ4n) is 3.42. The molecule has 29 heavy (non-hydrogen) atoms. The third-order valence-corrected chi connectivity index (χ3v) is 6.75. The van der Waals surface area contributed by atoms with E-state index in [0.29, 0.717) is 29.0 Å².